The second-order valence-corrected chi connectivity index (χ2v) is 8.90. The fraction of sp³-hybridized carbons (Fsp3) is 0.125. The van der Waals surface area contributed by atoms with Gasteiger partial charge in [0.1, 0.15) is 0 Å². The third-order valence-corrected chi connectivity index (χ3v) is 6.24. The first-order valence-corrected chi connectivity index (χ1v) is 11.2. The van der Waals surface area contributed by atoms with E-state index < -0.39 is 0 Å². The van der Waals surface area contributed by atoms with Gasteiger partial charge in [-0.3, -0.25) is 4.79 Å². The van der Waals surface area contributed by atoms with Crippen molar-refractivity contribution in [1.82, 2.24) is 20.1 Å². The molecule has 0 atom stereocenters. The van der Waals surface area contributed by atoms with Gasteiger partial charge < -0.3 is 5.32 Å². The number of amides is 1. The lowest BCUT2D eigenvalue weighted by Crippen LogP contribution is -2.36. The van der Waals surface area contributed by atoms with Gasteiger partial charge in [-0.1, -0.05) is 59.1 Å². The van der Waals surface area contributed by atoms with E-state index in [1.807, 2.05) is 12.1 Å². The molecule has 3 aromatic carbocycles. The van der Waals surface area contributed by atoms with Gasteiger partial charge >= 0.3 is 0 Å². The molecular formula is C24H17Cl3N4O. The Morgan fingerprint density at radius 2 is 1.56 bits per heavy atom. The highest BCUT2D eigenvalue weighted by atomic mass is 35.5. The lowest BCUT2D eigenvalue weighted by atomic mass is 10.1. The Kier molecular flexibility index (Phi) is 5.64. The summed E-state index contributed by atoms with van der Waals surface area (Å²) in [7, 11) is 0. The molecule has 1 heterocycles. The standard InChI is InChI=1S/C24H17Cl3N4O/c25-16-5-8-19(9-6-16)31-23(20-10-7-17(26)13-21(20)27)29-22(30-31)24(32)28-18-11-14-3-1-2-4-15(14)12-18/h1-10,13,18H,11-12H2,(H,28,32). The predicted octanol–water partition coefficient (Wildman–Crippen LogP) is 5.79. The number of carbonyl (C=O) groups excluding carboxylic acids is 1. The number of benzene rings is 3. The van der Waals surface area contributed by atoms with E-state index in [-0.39, 0.29) is 17.8 Å². The maximum atomic E-state index is 13.0. The molecule has 1 aromatic heterocycles. The van der Waals surface area contributed by atoms with Crippen molar-refractivity contribution < 1.29 is 4.79 Å². The third kappa shape index (κ3) is 4.11. The van der Waals surface area contributed by atoms with Gasteiger partial charge in [-0.2, -0.15) is 0 Å². The van der Waals surface area contributed by atoms with Crippen molar-refractivity contribution in [3.8, 4) is 17.1 Å². The van der Waals surface area contributed by atoms with E-state index in [9.17, 15) is 4.79 Å². The van der Waals surface area contributed by atoms with Crippen LogP contribution in [0.25, 0.3) is 17.1 Å². The smallest absolute Gasteiger partial charge is 0.291 e. The van der Waals surface area contributed by atoms with Crippen LogP contribution in [0.15, 0.2) is 66.7 Å². The lowest BCUT2D eigenvalue weighted by molar-refractivity contribution is 0.0928. The van der Waals surface area contributed by atoms with E-state index in [1.54, 1.807) is 47.1 Å². The molecule has 4 aromatic rings. The van der Waals surface area contributed by atoms with Crippen LogP contribution in [0.3, 0.4) is 0 Å². The van der Waals surface area contributed by atoms with Crippen LogP contribution in [0.5, 0.6) is 0 Å². The van der Waals surface area contributed by atoms with Gasteiger partial charge in [0.05, 0.1) is 10.7 Å². The molecule has 1 N–H and O–H groups in total. The van der Waals surface area contributed by atoms with Crippen LogP contribution in [0, 0.1) is 0 Å². The second-order valence-electron chi connectivity index (χ2n) is 7.62. The van der Waals surface area contributed by atoms with Crippen molar-refractivity contribution >= 4 is 40.7 Å². The molecule has 32 heavy (non-hydrogen) atoms. The van der Waals surface area contributed by atoms with Gasteiger partial charge in [0.25, 0.3) is 5.91 Å². The molecule has 1 aliphatic rings. The molecule has 1 amide bonds. The summed E-state index contributed by atoms with van der Waals surface area (Å²) in [6, 6.07) is 20.4. The van der Waals surface area contributed by atoms with E-state index >= 15 is 0 Å². The SMILES string of the molecule is O=C(NC1Cc2ccccc2C1)c1nc(-c2ccc(Cl)cc2Cl)n(-c2ccc(Cl)cc2)n1. The van der Waals surface area contributed by atoms with Crippen LogP contribution in [0.4, 0.5) is 0 Å². The zero-order chi connectivity index (χ0) is 22.2. The average molecular weight is 484 g/mol. The highest BCUT2D eigenvalue weighted by Crippen LogP contribution is 2.31. The van der Waals surface area contributed by atoms with Crippen molar-refractivity contribution in [2.24, 2.45) is 0 Å². The van der Waals surface area contributed by atoms with Crippen LogP contribution >= 0.6 is 34.8 Å². The average Bonchev–Trinajstić information content (AvgIpc) is 3.38. The van der Waals surface area contributed by atoms with Gasteiger partial charge in [-0.15, -0.1) is 5.10 Å². The molecule has 5 rings (SSSR count). The first-order valence-electron chi connectivity index (χ1n) is 10.0. The first-order chi connectivity index (χ1) is 15.5. The Hall–Kier alpha value is -2.86. The fourth-order valence-electron chi connectivity index (χ4n) is 3.93. The van der Waals surface area contributed by atoms with Gasteiger partial charge in [0, 0.05) is 21.7 Å². The van der Waals surface area contributed by atoms with Crippen molar-refractivity contribution in [1.29, 1.82) is 0 Å². The summed E-state index contributed by atoms with van der Waals surface area (Å²) in [5.41, 5.74) is 3.83. The summed E-state index contributed by atoms with van der Waals surface area (Å²) >= 11 is 18.5. The Balaban J connectivity index is 1.49. The van der Waals surface area contributed by atoms with Crippen molar-refractivity contribution in [2.45, 2.75) is 18.9 Å². The third-order valence-electron chi connectivity index (χ3n) is 5.44. The van der Waals surface area contributed by atoms with Crippen LogP contribution < -0.4 is 5.32 Å². The zero-order valence-electron chi connectivity index (χ0n) is 16.7. The Morgan fingerprint density at radius 3 is 2.22 bits per heavy atom. The fourth-order valence-corrected chi connectivity index (χ4v) is 4.55. The van der Waals surface area contributed by atoms with E-state index in [2.05, 4.69) is 27.5 Å². The maximum absolute atomic E-state index is 13.0. The summed E-state index contributed by atoms with van der Waals surface area (Å²) in [4.78, 5) is 17.6. The Morgan fingerprint density at radius 1 is 0.906 bits per heavy atom. The van der Waals surface area contributed by atoms with E-state index in [4.69, 9.17) is 34.8 Å². The van der Waals surface area contributed by atoms with Crippen molar-refractivity contribution in [3.05, 3.63) is 98.7 Å². The van der Waals surface area contributed by atoms with Crippen LogP contribution in [-0.4, -0.2) is 26.7 Å². The molecule has 160 valence electrons. The summed E-state index contributed by atoms with van der Waals surface area (Å²) in [5, 5.41) is 9.09. The molecule has 0 aliphatic heterocycles. The molecule has 0 bridgehead atoms. The summed E-state index contributed by atoms with van der Waals surface area (Å²) < 4.78 is 1.59. The Bertz CT molecular complexity index is 1290. The number of hydrogen-bond donors (Lipinski definition) is 1. The molecule has 1 aliphatic carbocycles. The number of fused-ring (bicyclic) bond motifs is 1. The minimum absolute atomic E-state index is 0.00458. The topological polar surface area (TPSA) is 59.8 Å². The van der Waals surface area contributed by atoms with E-state index in [1.165, 1.54) is 11.1 Å². The van der Waals surface area contributed by atoms with Gasteiger partial charge in [0.15, 0.2) is 5.82 Å². The van der Waals surface area contributed by atoms with Gasteiger partial charge in [-0.05, 0) is 66.4 Å². The summed E-state index contributed by atoms with van der Waals surface area (Å²) in [5.74, 6) is 0.174. The van der Waals surface area contributed by atoms with Crippen LogP contribution in [0.1, 0.15) is 21.7 Å². The van der Waals surface area contributed by atoms with Crippen LogP contribution in [-0.2, 0) is 12.8 Å². The highest BCUT2D eigenvalue weighted by Gasteiger charge is 2.26. The van der Waals surface area contributed by atoms with Crippen molar-refractivity contribution in [3.63, 3.8) is 0 Å². The minimum atomic E-state index is -0.332. The number of carbonyl (C=O) groups is 1. The zero-order valence-corrected chi connectivity index (χ0v) is 19.0. The molecular weight excluding hydrogens is 467 g/mol. The largest absolute Gasteiger partial charge is 0.346 e. The molecule has 5 nitrogen and oxygen atoms in total. The molecule has 0 saturated heterocycles. The minimum Gasteiger partial charge on any atom is -0.346 e. The normalized spacial score (nSPS) is 13.2. The molecule has 0 unspecified atom stereocenters. The monoisotopic (exact) mass is 482 g/mol. The molecule has 0 radical (unpaired) electrons. The molecule has 0 spiro atoms. The maximum Gasteiger partial charge on any atom is 0.291 e. The van der Waals surface area contributed by atoms with Gasteiger partial charge in [0.2, 0.25) is 5.82 Å². The second kappa shape index (κ2) is 8.58. The number of aromatic nitrogens is 3. The van der Waals surface area contributed by atoms with E-state index in [0.717, 1.165) is 12.8 Å². The Labute approximate surface area is 200 Å². The highest BCUT2D eigenvalue weighted by molar-refractivity contribution is 6.36. The van der Waals surface area contributed by atoms with E-state index in [0.29, 0.717) is 32.1 Å². The lowest BCUT2D eigenvalue weighted by Gasteiger charge is -2.09. The number of nitrogens with one attached hydrogen (secondary N) is 1. The number of hydrogen-bond acceptors (Lipinski definition) is 3. The van der Waals surface area contributed by atoms with Crippen molar-refractivity contribution in [2.75, 3.05) is 0 Å². The molecule has 0 saturated carbocycles. The molecule has 0 fully saturated rings. The summed E-state index contributed by atoms with van der Waals surface area (Å²) in [6.07, 6.45) is 1.57. The summed E-state index contributed by atoms with van der Waals surface area (Å²) in [6.45, 7) is 0. The number of halogens is 3. The quantitative estimate of drug-likeness (QED) is 0.399. The first kappa shape index (κ1) is 21.0. The van der Waals surface area contributed by atoms with Gasteiger partial charge in [-0.25, -0.2) is 9.67 Å². The van der Waals surface area contributed by atoms with Crippen LogP contribution in [0.2, 0.25) is 15.1 Å². The predicted molar refractivity (Wildman–Crippen MR) is 127 cm³/mol. The molecule has 8 heteroatoms. The number of rotatable bonds is 4. The number of nitrogens with zero attached hydrogens (tertiary/aromatic N) is 3.